The summed E-state index contributed by atoms with van der Waals surface area (Å²) < 4.78 is 111. The van der Waals surface area contributed by atoms with Gasteiger partial charge in [-0.25, -0.2) is 8.42 Å². The van der Waals surface area contributed by atoms with E-state index in [9.17, 15) is 49.7 Å². The molecule has 3 saturated heterocycles. The molecule has 0 N–H and O–H groups in total. The molecule has 226 valence electrons. The molecule has 0 aromatic heterocycles. The van der Waals surface area contributed by atoms with Crippen LogP contribution in [-0.4, -0.2) is 84.6 Å². The maximum absolute atomic E-state index is 13.4. The van der Waals surface area contributed by atoms with Crippen LogP contribution in [0.1, 0.15) is 58.3 Å². The number of hydrogen-bond donors (Lipinski definition) is 0. The SMILES string of the molecule is CCC1(OC(=O)C2C3OC4C(OC(=O)C42)C3OC(=O)CCC(=O)OCCC(F)(F)C(F)(F)S(=O)(=O)[O-])CCCC1. The lowest BCUT2D eigenvalue weighted by Gasteiger charge is -2.32. The summed E-state index contributed by atoms with van der Waals surface area (Å²) in [6.07, 6.45) is -3.66. The van der Waals surface area contributed by atoms with Gasteiger partial charge in [-0.2, -0.15) is 17.6 Å². The summed E-state index contributed by atoms with van der Waals surface area (Å²) in [7, 11) is -6.68. The first kappa shape index (κ1) is 30.4. The van der Waals surface area contributed by atoms with Crippen molar-refractivity contribution >= 4 is 34.0 Å². The van der Waals surface area contributed by atoms with Gasteiger partial charge in [0.05, 0.1) is 25.9 Å². The Labute approximate surface area is 225 Å². The maximum Gasteiger partial charge on any atom is 0.396 e. The van der Waals surface area contributed by atoms with Crippen LogP contribution < -0.4 is 0 Å². The highest BCUT2D eigenvalue weighted by Crippen LogP contribution is 2.52. The Balaban J connectivity index is 1.29. The molecule has 4 fully saturated rings. The van der Waals surface area contributed by atoms with Gasteiger partial charge in [0.1, 0.15) is 29.6 Å². The fraction of sp³-hybridized carbons (Fsp3) is 0.826. The van der Waals surface area contributed by atoms with Gasteiger partial charge in [0.2, 0.25) is 0 Å². The Morgan fingerprint density at radius 2 is 1.68 bits per heavy atom. The highest BCUT2D eigenvalue weighted by atomic mass is 32.2. The molecule has 17 heteroatoms. The number of carbonyl (C=O) groups excluding carboxylic acids is 4. The smallest absolute Gasteiger partial charge is 0.396 e. The second-order valence-corrected chi connectivity index (χ2v) is 11.7. The topological polar surface area (TPSA) is 172 Å². The van der Waals surface area contributed by atoms with Crippen LogP contribution in [0.25, 0.3) is 0 Å². The van der Waals surface area contributed by atoms with Gasteiger partial charge in [0.15, 0.2) is 22.3 Å². The molecule has 3 aliphatic heterocycles. The Hall–Kier alpha value is -2.53. The zero-order chi connectivity index (χ0) is 29.7. The van der Waals surface area contributed by atoms with Crippen molar-refractivity contribution in [3.63, 3.8) is 0 Å². The first-order valence-electron chi connectivity index (χ1n) is 12.7. The third kappa shape index (κ3) is 5.38. The molecule has 40 heavy (non-hydrogen) atoms. The molecule has 1 aliphatic carbocycles. The molecule has 3 heterocycles. The van der Waals surface area contributed by atoms with E-state index in [0.717, 1.165) is 12.8 Å². The fourth-order valence-electron chi connectivity index (χ4n) is 5.68. The number of halogens is 4. The maximum atomic E-state index is 13.4. The van der Waals surface area contributed by atoms with E-state index >= 15 is 0 Å². The number of fused-ring (bicyclic) bond motifs is 1. The minimum atomic E-state index is -6.68. The second-order valence-electron chi connectivity index (χ2n) is 10.3. The molecule has 1 saturated carbocycles. The van der Waals surface area contributed by atoms with E-state index in [1.807, 2.05) is 6.92 Å². The van der Waals surface area contributed by atoms with Gasteiger partial charge in [-0.1, -0.05) is 6.92 Å². The second kappa shape index (κ2) is 10.7. The van der Waals surface area contributed by atoms with E-state index < -0.39 is 113 Å². The third-order valence-electron chi connectivity index (χ3n) is 7.87. The fourth-order valence-corrected chi connectivity index (χ4v) is 6.14. The molecule has 0 spiro atoms. The van der Waals surface area contributed by atoms with Crippen LogP contribution in [0.5, 0.6) is 0 Å². The monoisotopic (exact) mass is 603 g/mol. The van der Waals surface area contributed by atoms with Crippen LogP contribution in [-0.2, 0) is 53.0 Å². The Kier molecular flexibility index (Phi) is 8.14. The summed E-state index contributed by atoms with van der Waals surface area (Å²) in [5.41, 5.74) is -0.642. The summed E-state index contributed by atoms with van der Waals surface area (Å²) in [6, 6.07) is 0. The average Bonchev–Trinajstić information content (AvgIpc) is 3.60. The lowest BCUT2D eigenvalue weighted by atomic mass is 9.78. The van der Waals surface area contributed by atoms with E-state index in [4.69, 9.17) is 18.9 Å². The van der Waals surface area contributed by atoms with E-state index in [0.29, 0.717) is 19.3 Å². The van der Waals surface area contributed by atoms with Crippen LogP contribution in [0.4, 0.5) is 17.6 Å². The Morgan fingerprint density at radius 3 is 2.27 bits per heavy atom. The van der Waals surface area contributed by atoms with Crippen LogP contribution in [0.15, 0.2) is 0 Å². The van der Waals surface area contributed by atoms with Gasteiger partial charge in [-0.05, 0) is 32.1 Å². The molecule has 0 amide bonds. The highest BCUT2D eigenvalue weighted by Gasteiger charge is 2.72. The summed E-state index contributed by atoms with van der Waals surface area (Å²) >= 11 is 0. The minimum absolute atomic E-state index is 0.588. The molecule has 0 aromatic carbocycles. The summed E-state index contributed by atoms with van der Waals surface area (Å²) in [5, 5.41) is -5.92. The van der Waals surface area contributed by atoms with Crippen molar-refractivity contribution < 1.29 is 73.4 Å². The summed E-state index contributed by atoms with van der Waals surface area (Å²) in [6.45, 7) is 0.526. The molecular formula is C23H27F4O12S-. The molecule has 2 bridgehead atoms. The van der Waals surface area contributed by atoms with Gasteiger partial charge in [-0.15, -0.1) is 0 Å². The van der Waals surface area contributed by atoms with Crippen molar-refractivity contribution in [1.29, 1.82) is 0 Å². The van der Waals surface area contributed by atoms with Gasteiger partial charge in [0.25, 0.3) is 0 Å². The van der Waals surface area contributed by atoms with Crippen molar-refractivity contribution in [2.45, 2.75) is 99.5 Å². The number of hydrogen-bond acceptors (Lipinski definition) is 12. The van der Waals surface area contributed by atoms with E-state index in [1.165, 1.54) is 0 Å². The van der Waals surface area contributed by atoms with Gasteiger partial charge in [-0.3, -0.25) is 19.2 Å². The van der Waals surface area contributed by atoms with Gasteiger partial charge >= 0.3 is 35.1 Å². The van der Waals surface area contributed by atoms with Crippen molar-refractivity contribution in [2.75, 3.05) is 6.61 Å². The van der Waals surface area contributed by atoms with Crippen molar-refractivity contribution in [3.05, 3.63) is 0 Å². The number of esters is 4. The lowest BCUT2D eigenvalue weighted by molar-refractivity contribution is -0.175. The van der Waals surface area contributed by atoms with Crippen LogP contribution in [0, 0.1) is 11.8 Å². The largest absolute Gasteiger partial charge is 0.743 e. The van der Waals surface area contributed by atoms with Crippen LogP contribution in [0.3, 0.4) is 0 Å². The lowest BCUT2D eigenvalue weighted by Crippen LogP contribution is -2.49. The molecular weight excluding hydrogens is 576 g/mol. The molecule has 0 radical (unpaired) electrons. The van der Waals surface area contributed by atoms with Crippen molar-refractivity contribution in [1.82, 2.24) is 0 Å². The first-order chi connectivity index (χ1) is 18.5. The van der Waals surface area contributed by atoms with Crippen LogP contribution >= 0.6 is 0 Å². The predicted octanol–water partition coefficient (Wildman–Crippen LogP) is 1.59. The van der Waals surface area contributed by atoms with E-state index in [2.05, 4.69) is 4.74 Å². The first-order valence-corrected chi connectivity index (χ1v) is 14.1. The number of alkyl halides is 4. The van der Waals surface area contributed by atoms with Gasteiger partial charge < -0.3 is 28.2 Å². The number of carbonyl (C=O) groups is 4. The standard InChI is InChI=1S/C23H28F4O12S/c1-2-21(7-3-4-8-21)39-20(31)14-13-15-18(38-19(13)30)17(16(14)37-15)36-12(29)6-5-11(28)35-10-9-22(24,25)23(26,27)40(32,33)34/h13-18H,2-10H2,1H3,(H,32,33,34)/p-1. The zero-order valence-electron chi connectivity index (χ0n) is 21.1. The van der Waals surface area contributed by atoms with Crippen LogP contribution in [0.2, 0.25) is 0 Å². The van der Waals surface area contributed by atoms with E-state index in [1.54, 1.807) is 0 Å². The normalized spacial score (nSPS) is 30.7. The highest BCUT2D eigenvalue weighted by molar-refractivity contribution is 7.86. The van der Waals surface area contributed by atoms with Crippen molar-refractivity contribution in [2.24, 2.45) is 11.8 Å². The number of rotatable bonds is 12. The Morgan fingerprint density at radius 1 is 1.05 bits per heavy atom. The van der Waals surface area contributed by atoms with E-state index in [-0.39, 0.29) is 0 Å². The third-order valence-corrected chi connectivity index (χ3v) is 8.80. The summed E-state index contributed by atoms with van der Waals surface area (Å²) in [5.74, 6) is -10.9. The zero-order valence-corrected chi connectivity index (χ0v) is 22.0. The minimum Gasteiger partial charge on any atom is -0.743 e. The summed E-state index contributed by atoms with van der Waals surface area (Å²) in [4.78, 5) is 49.8. The molecule has 6 unspecified atom stereocenters. The molecule has 0 aromatic rings. The van der Waals surface area contributed by atoms with Crippen molar-refractivity contribution in [3.8, 4) is 0 Å². The molecule has 4 rings (SSSR count). The average molecular weight is 604 g/mol. The molecule has 6 atom stereocenters. The quantitative estimate of drug-likeness (QED) is 0.137. The number of ether oxygens (including phenoxy) is 5. The van der Waals surface area contributed by atoms with Gasteiger partial charge in [0, 0.05) is 0 Å². The molecule has 12 nitrogen and oxygen atoms in total. The predicted molar refractivity (Wildman–Crippen MR) is 117 cm³/mol. The Bertz CT molecular complexity index is 1150. The molecule has 4 aliphatic rings.